The Labute approximate surface area is 129 Å². The zero-order valence-corrected chi connectivity index (χ0v) is 12.2. The highest BCUT2D eigenvalue weighted by molar-refractivity contribution is 5.81. The second kappa shape index (κ2) is 6.79. The molecule has 128 valence electrons. The van der Waals surface area contributed by atoms with Crippen molar-refractivity contribution in [3.05, 3.63) is 35.4 Å². The molecule has 2 rings (SSSR count). The molecule has 1 fully saturated rings. The van der Waals surface area contributed by atoms with E-state index in [0.29, 0.717) is 12.6 Å². The van der Waals surface area contributed by atoms with Crippen LogP contribution in [0.5, 0.6) is 0 Å². The van der Waals surface area contributed by atoms with Gasteiger partial charge in [-0.3, -0.25) is 4.79 Å². The number of likely N-dealkylation sites (N-methyl/N-ethyl adjacent to an activating group) is 1. The number of carbonyl (C=O) groups excluding carboxylic acids is 1. The number of nitrogens with zero attached hydrogens (tertiary/aromatic N) is 1. The molecule has 1 aliphatic rings. The van der Waals surface area contributed by atoms with E-state index >= 15 is 0 Å². The van der Waals surface area contributed by atoms with Gasteiger partial charge in [0.15, 0.2) is 17.7 Å². The lowest BCUT2D eigenvalue weighted by atomic mass is 10.0. The van der Waals surface area contributed by atoms with Crippen molar-refractivity contribution in [1.29, 1.82) is 0 Å². The van der Waals surface area contributed by atoms with Crippen molar-refractivity contribution in [2.24, 2.45) is 0 Å². The minimum atomic E-state index is -4.98. The van der Waals surface area contributed by atoms with Crippen molar-refractivity contribution >= 4 is 5.91 Å². The zero-order valence-electron chi connectivity index (χ0n) is 12.2. The molecule has 23 heavy (non-hydrogen) atoms. The van der Waals surface area contributed by atoms with Gasteiger partial charge >= 0.3 is 6.18 Å². The highest BCUT2D eigenvalue weighted by atomic mass is 19.4. The topological polar surface area (TPSA) is 41.6 Å². The Kier molecular flexibility index (Phi) is 5.20. The van der Waals surface area contributed by atoms with Crippen molar-refractivity contribution < 1.29 is 31.5 Å². The minimum absolute atomic E-state index is 0.113. The van der Waals surface area contributed by atoms with Crippen LogP contribution in [-0.4, -0.2) is 49.8 Å². The first-order chi connectivity index (χ1) is 10.7. The SMILES string of the molecule is CN1CCO[C@@H](C(=O)N[C@@H](c2cccc(F)c2F)C(F)(F)F)C1. The molecule has 0 radical (unpaired) electrons. The molecule has 1 amide bonds. The van der Waals surface area contributed by atoms with Gasteiger partial charge in [0.05, 0.1) is 6.61 Å². The predicted octanol–water partition coefficient (Wildman–Crippen LogP) is 2.01. The first-order valence-corrected chi connectivity index (χ1v) is 6.81. The summed E-state index contributed by atoms with van der Waals surface area (Å²) in [5, 5.41) is 1.71. The molecular formula is C14H15F5N2O2. The van der Waals surface area contributed by atoms with Gasteiger partial charge in [-0.05, 0) is 13.1 Å². The summed E-state index contributed by atoms with van der Waals surface area (Å²) >= 11 is 0. The summed E-state index contributed by atoms with van der Waals surface area (Å²) in [6, 6.07) is -0.219. The smallest absolute Gasteiger partial charge is 0.366 e. The van der Waals surface area contributed by atoms with E-state index in [4.69, 9.17) is 4.74 Å². The Bertz CT molecular complexity index is 579. The molecule has 1 saturated heterocycles. The number of hydrogen-bond acceptors (Lipinski definition) is 3. The maximum absolute atomic E-state index is 13.7. The molecule has 0 saturated carbocycles. The van der Waals surface area contributed by atoms with Crippen molar-refractivity contribution in [2.45, 2.75) is 18.3 Å². The largest absolute Gasteiger partial charge is 0.412 e. The summed E-state index contributed by atoms with van der Waals surface area (Å²) in [7, 11) is 1.69. The lowest BCUT2D eigenvalue weighted by Gasteiger charge is -2.31. The van der Waals surface area contributed by atoms with E-state index in [-0.39, 0.29) is 13.2 Å². The van der Waals surface area contributed by atoms with Crippen molar-refractivity contribution in [3.8, 4) is 0 Å². The number of nitrogens with one attached hydrogen (secondary N) is 1. The van der Waals surface area contributed by atoms with Gasteiger partial charge in [0.2, 0.25) is 0 Å². The summed E-state index contributed by atoms with van der Waals surface area (Å²) in [6.45, 7) is 0.854. The van der Waals surface area contributed by atoms with E-state index in [2.05, 4.69) is 0 Å². The van der Waals surface area contributed by atoms with Crippen LogP contribution in [0.2, 0.25) is 0 Å². The number of alkyl halides is 3. The number of hydrogen-bond donors (Lipinski definition) is 1. The highest BCUT2D eigenvalue weighted by Gasteiger charge is 2.44. The van der Waals surface area contributed by atoms with Gasteiger partial charge in [-0.2, -0.15) is 13.2 Å². The number of benzene rings is 1. The van der Waals surface area contributed by atoms with Crippen LogP contribution >= 0.6 is 0 Å². The molecule has 1 aromatic rings. The summed E-state index contributed by atoms with van der Waals surface area (Å²) in [6.07, 6.45) is -6.08. The maximum atomic E-state index is 13.7. The van der Waals surface area contributed by atoms with Crippen LogP contribution in [0.1, 0.15) is 11.6 Å². The molecule has 0 aromatic heterocycles. The molecule has 4 nitrogen and oxygen atoms in total. The fourth-order valence-electron chi connectivity index (χ4n) is 2.25. The molecule has 0 bridgehead atoms. The molecule has 2 atom stereocenters. The number of rotatable bonds is 3. The normalized spacial score (nSPS) is 21.0. The number of morpholine rings is 1. The van der Waals surface area contributed by atoms with Crippen LogP contribution < -0.4 is 5.32 Å². The van der Waals surface area contributed by atoms with Crippen molar-refractivity contribution in [3.63, 3.8) is 0 Å². The molecule has 1 aliphatic heterocycles. The summed E-state index contributed by atoms with van der Waals surface area (Å²) in [5.41, 5.74) is -0.977. The fourth-order valence-corrected chi connectivity index (χ4v) is 2.25. The zero-order chi connectivity index (χ0) is 17.2. The Balaban J connectivity index is 2.23. The van der Waals surface area contributed by atoms with E-state index < -0.39 is 41.4 Å². The lowest BCUT2D eigenvalue weighted by molar-refractivity contribution is -0.169. The van der Waals surface area contributed by atoms with Crippen LogP contribution in [-0.2, 0) is 9.53 Å². The van der Waals surface area contributed by atoms with Crippen molar-refractivity contribution in [1.82, 2.24) is 10.2 Å². The minimum Gasteiger partial charge on any atom is -0.366 e. The summed E-state index contributed by atoms with van der Waals surface area (Å²) in [5.74, 6) is -4.08. The van der Waals surface area contributed by atoms with E-state index in [1.54, 1.807) is 17.3 Å². The maximum Gasteiger partial charge on any atom is 0.412 e. The molecule has 0 unspecified atom stereocenters. The van der Waals surface area contributed by atoms with Crippen LogP contribution in [0.25, 0.3) is 0 Å². The van der Waals surface area contributed by atoms with Crippen LogP contribution in [0.4, 0.5) is 22.0 Å². The van der Waals surface area contributed by atoms with Gasteiger partial charge in [-0.1, -0.05) is 12.1 Å². The number of amides is 1. The first kappa shape index (κ1) is 17.6. The van der Waals surface area contributed by atoms with Crippen LogP contribution in [0.3, 0.4) is 0 Å². The van der Waals surface area contributed by atoms with Gasteiger partial charge < -0.3 is 15.0 Å². The van der Waals surface area contributed by atoms with E-state index in [1.807, 2.05) is 0 Å². The van der Waals surface area contributed by atoms with Gasteiger partial charge in [0, 0.05) is 18.7 Å². The second-order valence-electron chi connectivity index (χ2n) is 5.25. The Morgan fingerprint density at radius 1 is 1.39 bits per heavy atom. The molecule has 9 heteroatoms. The van der Waals surface area contributed by atoms with Gasteiger partial charge in [-0.15, -0.1) is 0 Å². The molecule has 0 spiro atoms. The molecule has 0 aliphatic carbocycles. The van der Waals surface area contributed by atoms with Crippen LogP contribution in [0, 0.1) is 11.6 Å². The van der Waals surface area contributed by atoms with Gasteiger partial charge in [-0.25, -0.2) is 8.78 Å². The van der Waals surface area contributed by atoms with Crippen LogP contribution in [0.15, 0.2) is 18.2 Å². The average Bonchev–Trinajstić information content (AvgIpc) is 2.46. The lowest BCUT2D eigenvalue weighted by Crippen LogP contribution is -2.51. The predicted molar refractivity (Wildman–Crippen MR) is 70.5 cm³/mol. The monoisotopic (exact) mass is 338 g/mol. The average molecular weight is 338 g/mol. The highest BCUT2D eigenvalue weighted by Crippen LogP contribution is 2.34. The Morgan fingerprint density at radius 3 is 2.70 bits per heavy atom. The third kappa shape index (κ3) is 4.17. The molecule has 1 aromatic carbocycles. The van der Waals surface area contributed by atoms with E-state index in [1.165, 1.54) is 0 Å². The van der Waals surface area contributed by atoms with Gasteiger partial charge in [0.1, 0.15) is 6.10 Å². The number of ether oxygens (including phenoxy) is 1. The Hall–Kier alpha value is -1.74. The standard InChI is InChI=1S/C14H15F5N2O2/c1-21-5-6-23-10(7-21)13(22)20-12(14(17,18)19)8-3-2-4-9(15)11(8)16/h2-4,10,12H,5-7H2,1H3,(H,20,22)/t10-,12+/m1/s1. The molecule has 1 heterocycles. The Morgan fingerprint density at radius 2 is 2.09 bits per heavy atom. The molecule has 1 N–H and O–H groups in total. The third-order valence-corrected chi connectivity index (χ3v) is 3.47. The quantitative estimate of drug-likeness (QED) is 0.858. The first-order valence-electron chi connectivity index (χ1n) is 6.81. The third-order valence-electron chi connectivity index (χ3n) is 3.47. The summed E-state index contributed by atoms with van der Waals surface area (Å²) in [4.78, 5) is 13.7. The van der Waals surface area contributed by atoms with E-state index in [0.717, 1.165) is 12.1 Å². The number of halogens is 5. The summed E-state index contributed by atoms with van der Waals surface area (Å²) < 4.78 is 71.5. The van der Waals surface area contributed by atoms with Gasteiger partial charge in [0.25, 0.3) is 5.91 Å². The van der Waals surface area contributed by atoms with Crippen molar-refractivity contribution in [2.75, 3.05) is 26.7 Å². The second-order valence-corrected chi connectivity index (χ2v) is 5.25. The molecular weight excluding hydrogens is 323 g/mol. The van der Waals surface area contributed by atoms with E-state index in [9.17, 15) is 26.7 Å². The fraction of sp³-hybridized carbons (Fsp3) is 0.500. The number of carbonyl (C=O) groups is 1.